The molecule has 0 aliphatic heterocycles. The molecule has 0 aliphatic rings. The van der Waals surface area contributed by atoms with Crippen LogP contribution in [-0.2, 0) is 0 Å². The first-order valence-corrected chi connectivity index (χ1v) is 7.32. The lowest BCUT2D eigenvalue weighted by molar-refractivity contribution is 0.510. The third kappa shape index (κ3) is 6.69. The average Bonchev–Trinajstić information content (AvgIpc) is 2.31. The summed E-state index contributed by atoms with van der Waals surface area (Å²) in [5.74, 6) is 0.957. The highest BCUT2D eigenvalue weighted by atomic mass is 32.2. The van der Waals surface area contributed by atoms with Crippen molar-refractivity contribution in [2.75, 3.05) is 12.3 Å². The Morgan fingerprint density at radius 1 is 1.24 bits per heavy atom. The van der Waals surface area contributed by atoms with Gasteiger partial charge in [-0.3, -0.25) is 0 Å². The maximum atomic E-state index is 12.7. The van der Waals surface area contributed by atoms with Gasteiger partial charge in [0, 0.05) is 10.9 Å². The van der Waals surface area contributed by atoms with Crippen LogP contribution in [0.15, 0.2) is 29.2 Å². The molecule has 0 spiro atoms. The first kappa shape index (κ1) is 14.5. The molecule has 1 rings (SSSR count). The van der Waals surface area contributed by atoms with E-state index in [-0.39, 0.29) is 5.82 Å². The number of hydrogen-bond acceptors (Lipinski definition) is 2. The van der Waals surface area contributed by atoms with Crippen LogP contribution in [0.25, 0.3) is 0 Å². The summed E-state index contributed by atoms with van der Waals surface area (Å²) >= 11 is 1.81. The summed E-state index contributed by atoms with van der Waals surface area (Å²) in [5, 5.41) is 3.41. The molecule has 0 aromatic heterocycles. The molecule has 1 aromatic carbocycles. The second-order valence-electron chi connectivity index (χ2n) is 4.26. The quantitative estimate of drug-likeness (QED) is 0.555. The fourth-order valence-electron chi connectivity index (χ4n) is 1.72. The topological polar surface area (TPSA) is 12.0 Å². The van der Waals surface area contributed by atoms with E-state index in [4.69, 9.17) is 0 Å². The molecule has 0 radical (unpaired) electrons. The third-order valence-electron chi connectivity index (χ3n) is 2.67. The zero-order valence-corrected chi connectivity index (χ0v) is 11.5. The van der Waals surface area contributed by atoms with E-state index in [1.54, 1.807) is 0 Å². The van der Waals surface area contributed by atoms with Crippen LogP contribution >= 0.6 is 11.8 Å². The monoisotopic (exact) mass is 255 g/mol. The Kier molecular flexibility index (Phi) is 7.29. The molecule has 3 heteroatoms. The van der Waals surface area contributed by atoms with Crippen LogP contribution < -0.4 is 5.32 Å². The smallest absolute Gasteiger partial charge is 0.123 e. The Morgan fingerprint density at radius 3 is 2.59 bits per heavy atom. The molecular formula is C14H22FNS. The van der Waals surface area contributed by atoms with Crippen molar-refractivity contribution in [3.05, 3.63) is 30.1 Å². The van der Waals surface area contributed by atoms with Gasteiger partial charge in [-0.1, -0.05) is 13.3 Å². The third-order valence-corrected chi connectivity index (χ3v) is 3.76. The first-order valence-electron chi connectivity index (χ1n) is 6.34. The summed E-state index contributed by atoms with van der Waals surface area (Å²) in [4.78, 5) is 1.16. The largest absolute Gasteiger partial charge is 0.315 e. The summed E-state index contributed by atoms with van der Waals surface area (Å²) in [6.45, 7) is 5.42. The molecule has 0 heterocycles. The molecule has 0 amide bonds. The summed E-state index contributed by atoms with van der Waals surface area (Å²) in [5.41, 5.74) is 0. The molecule has 0 saturated carbocycles. The van der Waals surface area contributed by atoms with E-state index in [1.807, 2.05) is 23.9 Å². The Morgan fingerprint density at radius 2 is 1.94 bits per heavy atom. The minimum absolute atomic E-state index is 0.159. The van der Waals surface area contributed by atoms with Crippen LogP contribution in [0.4, 0.5) is 4.39 Å². The van der Waals surface area contributed by atoms with Crippen LogP contribution in [0.3, 0.4) is 0 Å². The van der Waals surface area contributed by atoms with Crippen molar-refractivity contribution in [3.63, 3.8) is 0 Å². The molecule has 17 heavy (non-hydrogen) atoms. The van der Waals surface area contributed by atoms with Crippen molar-refractivity contribution in [1.29, 1.82) is 0 Å². The van der Waals surface area contributed by atoms with Crippen molar-refractivity contribution in [2.24, 2.45) is 0 Å². The molecule has 0 fully saturated rings. The molecule has 1 nitrogen and oxygen atoms in total. The van der Waals surface area contributed by atoms with Crippen LogP contribution in [0.2, 0.25) is 0 Å². The van der Waals surface area contributed by atoms with Gasteiger partial charge in [-0.25, -0.2) is 4.39 Å². The highest BCUT2D eigenvalue weighted by molar-refractivity contribution is 7.99. The van der Waals surface area contributed by atoms with E-state index in [2.05, 4.69) is 19.2 Å². The van der Waals surface area contributed by atoms with Gasteiger partial charge in [0.25, 0.3) is 0 Å². The fraction of sp³-hybridized carbons (Fsp3) is 0.571. The van der Waals surface area contributed by atoms with Crippen molar-refractivity contribution in [3.8, 4) is 0 Å². The van der Waals surface area contributed by atoms with E-state index in [0.29, 0.717) is 6.04 Å². The normalized spacial score (nSPS) is 12.6. The number of hydrogen-bond donors (Lipinski definition) is 1. The Labute approximate surface area is 108 Å². The van der Waals surface area contributed by atoms with Crippen LogP contribution in [0.1, 0.15) is 33.1 Å². The standard InChI is InChI=1S/C14H22FNS/c1-3-16-12(2)6-4-5-11-17-14-9-7-13(15)8-10-14/h7-10,12,16H,3-6,11H2,1-2H3. The Hall–Kier alpha value is -0.540. The molecule has 0 aliphatic carbocycles. The summed E-state index contributed by atoms with van der Waals surface area (Å²) < 4.78 is 12.7. The van der Waals surface area contributed by atoms with Crippen LogP contribution in [0, 0.1) is 5.82 Å². The van der Waals surface area contributed by atoms with Gasteiger partial charge in [-0.2, -0.15) is 0 Å². The zero-order valence-electron chi connectivity index (χ0n) is 10.7. The lowest BCUT2D eigenvalue weighted by atomic mass is 10.1. The molecular weight excluding hydrogens is 233 g/mol. The summed E-state index contributed by atoms with van der Waals surface area (Å²) in [6.07, 6.45) is 3.71. The second kappa shape index (κ2) is 8.54. The van der Waals surface area contributed by atoms with Crippen molar-refractivity contribution < 1.29 is 4.39 Å². The van der Waals surface area contributed by atoms with E-state index < -0.39 is 0 Å². The van der Waals surface area contributed by atoms with E-state index >= 15 is 0 Å². The van der Waals surface area contributed by atoms with Crippen molar-refractivity contribution in [1.82, 2.24) is 5.32 Å². The van der Waals surface area contributed by atoms with Gasteiger partial charge in [0.1, 0.15) is 5.82 Å². The van der Waals surface area contributed by atoms with E-state index in [9.17, 15) is 4.39 Å². The zero-order chi connectivity index (χ0) is 12.5. The highest BCUT2D eigenvalue weighted by Crippen LogP contribution is 2.19. The van der Waals surface area contributed by atoms with Crippen LogP contribution in [0.5, 0.6) is 0 Å². The fourth-order valence-corrected chi connectivity index (χ4v) is 2.64. The summed E-state index contributed by atoms with van der Waals surface area (Å²) in [7, 11) is 0. The van der Waals surface area contributed by atoms with Gasteiger partial charge in [0.05, 0.1) is 0 Å². The first-order chi connectivity index (χ1) is 8.22. The number of thioether (sulfide) groups is 1. The van der Waals surface area contributed by atoms with E-state index in [1.165, 1.54) is 31.4 Å². The minimum Gasteiger partial charge on any atom is -0.315 e. The predicted octanol–water partition coefficient (Wildman–Crippen LogP) is 4.09. The molecule has 1 N–H and O–H groups in total. The molecule has 96 valence electrons. The second-order valence-corrected chi connectivity index (χ2v) is 5.43. The number of benzene rings is 1. The van der Waals surface area contributed by atoms with E-state index in [0.717, 1.165) is 17.2 Å². The number of halogens is 1. The number of rotatable bonds is 8. The van der Waals surface area contributed by atoms with Gasteiger partial charge in [-0.15, -0.1) is 11.8 Å². The SMILES string of the molecule is CCNC(C)CCCCSc1ccc(F)cc1. The maximum absolute atomic E-state index is 12.7. The minimum atomic E-state index is -0.159. The molecule has 1 aromatic rings. The van der Waals surface area contributed by atoms with Gasteiger partial charge < -0.3 is 5.32 Å². The van der Waals surface area contributed by atoms with Gasteiger partial charge >= 0.3 is 0 Å². The van der Waals surface area contributed by atoms with Gasteiger partial charge in [-0.05, 0) is 56.3 Å². The van der Waals surface area contributed by atoms with Crippen molar-refractivity contribution in [2.45, 2.75) is 44.0 Å². The van der Waals surface area contributed by atoms with Gasteiger partial charge in [0.2, 0.25) is 0 Å². The maximum Gasteiger partial charge on any atom is 0.123 e. The lowest BCUT2D eigenvalue weighted by Gasteiger charge is -2.11. The lowest BCUT2D eigenvalue weighted by Crippen LogP contribution is -2.25. The van der Waals surface area contributed by atoms with Crippen molar-refractivity contribution >= 4 is 11.8 Å². The molecule has 1 unspecified atom stereocenters. The molecule has 0 saturated heterocycles. The molecule has 1 atom stereocenters. The number of unbranched alkanes of at least 4 members (excludes halogenated alkanes) is 1. The Bertz CT molecular complexity index is 300. The summed E-state index contributed by atoms with van der Waals surface area (Å²) in [6, 6.07) is 7.36. The Balaban J connectivity index is 2.06. The average molecular weight is 255 g/mol. The highest BCUT2D eigenvalue weighted by Gasteiger charge is 1.99. The van der Waals surface area contributed by atoms with Gasteiger partial charge in [0.15, 0.2) is 0 Å². The predicted molar refractivity (Wildman–Crippen MR) is 74.1 cm³/mol. The molecule has 0 bridgehead atoms. The number of nitrogens with one attached hydrogen (secondary N) is 1. The van der Waals surface area contributed by atoms with Crippen LogP contribution in [-0.4, -0.2) is 18.3 Å².